The van der Waals surface area contributed by atoms with Crippen molar-refractivity contribution in [3.05, 3.63) is 34.1 Å². The van der Waals surface area contributed by atoms with E-state index in [1.165, 1.54) is 6.07 Å². The highest BCUT2D eigenvalue weighted by molar-refractivity contribution is 9.10. The lowest BCUT2D eigenvalue weighted by molar-refractivity contribution is -0.120. The largest absolute Gasteiger partial charge is 0.321 e. The van der Waals surface area contributed by atoms with Crippen LogP contribution in [0.1, 0.15) is 25.8 Å². The molecule has 2 N–H and O–H groups in total. The number of Topliss-reactive ketones (excluding diaryl/α,β-unsaturated/α-hetero) is 1. The number of carbonyl (C=O) groups excluding carboxylic acids is 1. The molecule has 0 bridgehead atoms. The number of nitrogens with two attached hydrogens (primary N) is 1. The van der Waals surface area contributed by atoms with E-state index in [1.54, 1.807) is 12.1 Å². The maximum absolute atomic E-state index is 13.4. The van der Waals surface area contributed by atoms with Gasteiger partial charge in [0.2, 0.25) is 0 Å². The summed E-state index contributed by atoms with van der Waals surface area (Å²) in [4.78, 5) is 11.8. The maximum atomic E-state index is 13.4. The topological polar surface area (TPSA) is 43.1 Å². The number of carbonyl (C=O) groups is 1. The van der Waals surface area contributed by atoms with Gasteiger partial charge < -0.3 is 5.73 Å². The van der Waals surface area contributed by atoms with Gasteiger partial charge in [-0.25, -0.2) is 4.39 Å². The van der Waals surface area contributed by atoms with Crippen molar-refractivity contribution in [2.45, 2.75) is 32.7 Å². The van der Waals surface area contributed by atoms with E-state index < -0.39 is 6.04 Å². The van der Waals surface area contributed by atoms with Crippen molar-refractivity contribution >= 4 is 21.7 Å². The summed E-state index contributed by atoms with van der Waals surface area (Å²) in [7, 11) is 0. The van der Waals surface area contributed by atoms with Crippen LogP contribution in [0.15, 0.2) is 22.7 Å². The predicted molar refractivity (Wildman–Crippen MR) is 70.2 cm³/mol. The maximum Gasteiger partial charge on any atom is 0.153 e. The molecule has 1 aromatic carbocycles. The smallest absolute Gasteiger partial charge is 0.153 e. The van der Waals surface area contributed by atoms with Crippen molar-refractivity contribution in [3.63, 3.8) is 0 Å². The molecule has 0 fully saturated rings. The fourth-order valence-electron chi connectivity index (χ4n) is 1.64. The Morgan fingerprint density at radius 1 is 1.47 bits per heavy atom. The quantitative estimate of drug-likeness (QED) is 0.908. The van der Waals surface area contributed by atoms with Gasteiger partial charge >= 0.3 is 0 Å². The van der Waals surface area contributed by atoms with Crippen molar-refractivity contribution in [2.75, 3.05) is 0 Å². The van der Waals surface area contributed by atoms with Gasteiger partial charge in [0, 0.05) is 10.9 Å². The number of halogens is 2. The van der Waals surface area contributed by atoms with Gasteiger partial charge in [-0.2, -0.15) is 0 Å². The first-order valence-corrected chi connectivity index (χ1v) is 6.41. The SMILES string of the molecule is CC(C)CC(N)C(=O)Cc1cc(Br)ccc1F. The summed E-state index contributed by atoms with van der Waals surface area (Å²) in [5.41, 5.74) is 6.16. The second-order valence-electron chi connectivity index (χ2n) is 4.61. The Hall–Kier alpha value is -0.740. The number of benzene rings is 1. The number of hydrogen-bond acceptors (Lipinski definition) is 2. The molecule has 94 valence electrons. The lowest BCUT2D eigenvalue weighted by Crippen LogP contribution is -2.33. The molecule has 0 radical (unpaired) electrons. The minimum Gasteiger partial charge on any atom is -0.321 e. The molecule has 1 unspecified atom stereocenters. The zero-order valence-corrected chi connectivity index (χ0v) is 11.6. The molecule has 0 saturated carbocycles. The number of hydrogen-bond donors (Lipinski definition) is 1. The Morgan fingerprint density at radius 2 is 2.12 bits per heavy atom. The summed E-state index contributed by atoms with van der Waals surface area (Å²) < 4.78 is 14.2. The molecule has 0 aliphatic carbocycles. The van der Waals surface area contributed by atoms with Crippen molar-refractivity contribution in [2.24, 2.45) is 11.7 Å². The fourth-order valence-corrected chi connectivity index (χ4v) is 2.05. The Labute approximate surface area is 110 Å². The fraction of sp³-hybridized carbons (Fsp3) is 0.462. The van der Waals surface area contributed by atoms with E-state index in [0.29, 0.717) is 17.9 Å². The van der Waals surface area contributed by atoms with E-state index in [9.17, 15) is 9.18 Å². The molecule has 0 heterocycles. The predicted octanol–water partition coefficient (Wildman–Crippen LogP) is 3.07. The number of ketones is 1. The van der Waals surface area contributed by atoms with Crippen LogP contribution in [0.25, 0.3) is 0 Å². The minimum atomic E-state index is -0.506. The van der Waals surface area contributed by atoms with Crippen LogP contribution in [0.3, 0.4) is 0 Å². The van der Waals surface area contributed by atoms with Gasteiger partial charge in [-0.1, -0.05) is 29.8 Å². The molecule has 2 nitrogen and oxygen atoms in total. The molecule has 1 atom stereocenters. The lowest BCUT2D eigenvalue weighted by atomic mass is 9.97. The van der Waals surface area contributed by atoms with Gasteiger partial charge in [0.25, 0.3) is 0 Å². The van der Waals surface area contributed by atoms with E-state index in [1.807, 2.05) is 13.8 Å². The van der Waals surface area contributed by atoms with E-state index in [2.05, 4.69) is 15.9 Å². The Kier molecular flexibility index (Phi) is 5.28. The molecule has 4 heteroatoms. The van der Waals surface area contributed by atoms with Gasteiger partial charge in [-0.3, -0.25) is 4.79 Å². The van der Waals surface area contributed by atoms with Crippen LogP contribution in [0.4, 0.5) is 4.39 Å². The first kappa shape index (κ1) is 14.3. The lowest BCUT2D eigenvalue weighted by Gasteiger charge is -2.13. The summed E-state index contributed by atoms with van der Waals surface area (Å²) in [6.07, 6.45) is 0.688. The highest BCUT2D eigenvalue weighted by atomic mass is 79.9. The summed E-state index contributed by atoms with van der Waals surface area (Å²) in [6.45, 7) is 4.01. The van der Waals surface area contributed by atoms with E-state index >= 15 is 0 Å². The Morgan fingerprint density at radius 3 is 2.71 bits per heavy atom. The van der Waals surface area contributed by atoms with Crippen LogP contribution in [0.5, 0.6) is 0 Å². The minimum absolute atomic E-state index is 0.0547. The number of rotatable bonds is 5. The summed E-state index contributed by atoms with van der Waals surface area (Å²) in [6, 6.07) is 4.07. The first-order chi connectivity index (χ1) is 7.90. The van der Waals surface area contributed by atoms with Crippen LogP contribution in [0.2, 0.25) is 0 Å². The van der Waals surface area contributed by atoms with Crippen molar-refractivity contribution in [1.29, 1.82) is 0 Å². The van der Waals surface area contributed by atoms with Crippen molar-refractivity contribution in [1.82, 2.24) is 0 Å². The van der Waals surface area contributed by atoms with Gasteiger partial charge in [0.1, 0.15) is 5.82 Å². The molecule has 0 spiro atoms. The Balaban J connectivity index is 2.70. The molecular formula is C13H17BrFNO. The normalized spacial score (nSPS) is 12.8. The average Bonchev–Trinajstić information content (AvgIpc) is 2.22. The summed E-state index contributed by atoms with van der Waals surface area (Å²) in [5, 5.41) is 0. The molecule has 1 rings (SSSR count). The zero-order chi connectivity index (χ0) is 13.0. The van der Waals surface area contributed by atoms with Crippen molar-refractivity contribution < 1.29 is 9.18 Å². The highest BCUT2D eigenvalue weighted by Crippen LogP contribution is 2.17. The van der Waals surface area contributed by atoms with Crippen LogP contribution >= 0.6 is 15.9 Å². The third-order valence-electron chi connectivity index (χ3n) is 2.51. The molecular weight excluding hydrogens is 285 g/mol. The van der Waals surface area contributed by atoms with Gasteiger partial charge in [0.05, 0.1) is 6.04 Å². The van der Waals surface area contributed by atoms with E-state index in [-0.39, 0.29) is 18.0 Å². The molecule has 0 aromatic heterocycles. The van der Waals surface area contributed by atoms with Gasteiger partial charge in [0.15, 0.2) is 5.78 Å². The summed E-state index contributed by atoms with van der Waals surface area (Å²) in [5.74, 6) is -0.115. The Bertz CT molecular complexity index is 406. The molecule has 0 saturated heterocycles. The first-order valence-electron chi connectivity index (χ1n) is 5.62. The zero-order valence-electron chi connectivity index (χ0n) is 10.0. The van der Waals surface area contributed by atoms with Gasteiger partial charge in [-0.05, 0) is 36.1 Å². The molecule has 0 aliphatic rings. The molecule has 0 amide bonds. The third-order valence-corrected chi connectivity index (χ3v) is 3.00. The second-order valence-corrected chi connectivity index (χ2v) is 5.53. The van der Waals surface area contributed by atoms with Crippen LogP contribution in [-0.2, 0) is 11.2 Å². The van der Waals surface area contributed by atoms with Crippen LogP contribution in [-0.4, -0.2) is 11.8 Å². The monoisotopic (exact) mass is 301 g/mol. The summed E-state index contributed by atoms with van der Waals surface area (Å²) >= 11 is 3.25. The highest BCUT2D eigenvalue weighted by Gasteiger charge is 2.17. The average molecular weight is 302 g/mol. The van der Waals surface area contributed by atoms with E-state index in [4.69, 9.17) is 5.73 Å². The van der Waals surface area contributed by atoms with Crippen LogP contribution in [0, 0.1) is 11.7 Å². The van der Waals surface area contributed by atoms with Crippen molar-refractivity contribution in [3.8, 4) is 0 Å². The molecule has 17 heavy (non-hydrogen) atoms. The van der Waals surface area contributed by atoms with Crippen LogP contribution < -0.4 is 5.73 Å². The van der Waals surface area contributed by atoms with E-state index in [0.717, 1.165) is 4.47 Å². The standard InChI is InChI=1S/C13H17BrFNO/c1-8(2)5-12(16)13(17)7-9-6-10(14)3-4-11(9)15/h3-4,6,8,12H,5,7,16H2,1-2H3. The molecule has 0 aliphatic heterocycles. The van der Waals surface area contributed by atoms with Gasteiger partial charge in [-0.15, -0.1) is 0 Å². The second kappa shape index (κ2) is 6.26. The third kappa shape index (κ3) is 4.56. The molecule has 1 aromatic rings.